The van der Waals surface area contributed by atoms with E-state index in [1.54, 1.807) is 0 Å². The Bertz CT molecular complexity index is 924. The fourth-order valence-corrected chi connectivity index (χ4v) is 4.04. The molecule has 2 radical (unpaired) electrons. The Hall–Kier alpha value is -1.68. The normalized spacial score (nSPS) is 11.1. The van der Waals surface area contributed by atoms with E-state index < -0.39 is 0 Å². The highest BCUT2D eigenvalue weighted by molar-refractivity contribution is 14.1. The van der Waals surface area contributed by atoms with Gasteiger partial charge in [0.25, 0.3) is 0 Å². The molecule has 1 aromatic heterocycles. The van der Waals surface area contributed by atoms with Crippen LogP contribution in [0.4, 0.5) is 0 Å². The highest BCUT2D eigenvalue weighted by Gasteiger charge is 2.21. The Morgan fingerprint density at radius 3 is 1.95 bits per heavy atom. The van der Waals surface area contributed by atoms with Gasteiger partial charge >= 0.3 is 4.70 Å². The summed E-state index contributed by atoms with van der Waals surface area (Å²) >= 11 is 2.49. The highest BCUT2D eigenvalue weighted by atomic mass is 127. The lowest BCUT2D eigenvalue weighted by atomic mass is 9.78. The Morgan fingerprint density at radius 2 is 1.36 bits per heavy atom. The number of para-hydroxylation sites is 2. The minimum absolute atomic E-state index is 0.200. The van der Waals surface area contributed by atoms with E-state index in [9.17, 15) is 0 Å². The van der Waals surface area contributed by atoms with Crippen molar-refractivity contribution in [3.63, 3.8) is 0 Å². The summed E-state index contributed by atoms with van der Waals surface area (Å²) in [5.41, 5.74) is 4.53. The van der Waals surface area contributed by atoms with Gasteiger partial charge in [-0.2, -0.15) is 0 Å². The number of benzene rings is 3. The highest BCUT2D eigenvalue weighted by Crippen LogP contribution is 2.29. The lowest BCUT2D eigenvalue weighted by molar-refractivity contribution is 1.37. The number of hydrogen-bond donors (Lipinski definition) is 0. The van der Waals surface area contributed by atoms with Crippen LogP contribution in [0.3, 0.4) is 0 Å². The molecular formula is C18H12B2IN. The number of hydrogen-bond acceptors (Lipinski definition) is 0. The van der Waals surface area contributed by atoms with Crippen molar-refractivity contribution in [1.82, 2.24) is 4.48 Å². The second-order valence-corrected chi connectivity index (χ2v) is 6.59. The summed E-state index contributed by atoms with van der Waals surface area (Å²) in [7, 11) is 5.96. The van der Waals surface area contributed by atoms with Gasteiger partial charge in [-0.1, -0.05) is 66.1 Å². The molecule has 0 N–H and O–H groups in total. The van der Waals surface area contributed by atoms with Gasteiger partial charge in [-0.05, 0) is 17.6 Å². The van der Waals surface area contributed by atoms with Crippen LogP contribution >= 0.6 is 22.4 Å². The van der Waals surface area contributed by atoms with Crippen LogP contribution in [0.15, 0.2) is 72.8 Å². The molecule has 0 amide bonds. The Kier molecular flexibility index (Phi) is 3.49. The number of aromatic nitrogens is 1. The first-order chi connectivity index (χ1) is 10.8. The van der Waals surface area contributed by atoms with E-state index in [0.29, 0.717) is 0 Å². The van der Waals surface area contributed by atoms with Crippen molar-refractivity contribution in [3.05, 3.63) is 72.8 Å². The average molecular weight is 391 g/mol. The molecule has 0 bridgehead atoms. The largest absolute Gasteiger partial charge is 0.371 e. The third kappa shape index (κ3) is 2.17. The standard InChI is InChI=1S/C18H12B2IN/c19-13-6-5-7-14(12-13)20(21)22-17-10-3-1-8-15(17)16-9-2-4-11-18(16)22/h1-12H. The SMILES string of the molecule is [B]c1cccc(B(I)n2c3ccccc3c3ccccc32)c1. The molecule has 0 unspecified atom stereocenters. The third-order valence-electron chi connectivity index (χ3n) is 4.03. The summed E-state index contributed by atoms with van der Waals surface area (Å²) in [5, 5.41) is 2.59. The van der Waals surface area contributed by atoms with Crippen LogP contribution in [-0.4, -0.2) is 17.0 Å². The molecule has 1 nitrogen and oxygen atoms in total. The number of nitrogens with zero attached hydrogens (tertiary/aromatic N) is 1. The van der Waals surface area contributed by atoms with Crippen molar-refractivity contribution in [2.75, 3.05) is 0 Å². The third-order valence-corrected chi connectivity index (χ3v) is 5.31. The molecule has 0 atom stereocenters. The van der Waals surface area contributed by atoms with Crippen molar-refractivity contribution in [2.24, 2.45) is 0 Å². The van der Waals surface area contributed by atoms with Crippen molar-refractivity contribution >= 4 is 67.7 Å². The fraction of sp³-hybridized carbons (Fsp3) is 0. The molecule has 4 heteroatoms. The quantitative estimate of drug-likeness (QED) is 0.366. The molecule has 4 aromatic rings. The van der Waals surface area contributed by atoms with Gasteiger partial charge in [0.1, 0.15) is 7.85 Å². The molecule has 0 fully saturated rings. The predicted molar refractivity (Wildman–Crippen MR) is 106 cm³/mol. The summed E-state index contributed by atoms with van der Waals surface area (Å²) in [6.07, 6.45) is 0. The summed E-state index contributed by atoms with van der Waals surface area (Å²) in [5.74, 6) is 0. The van der Waals surface area contributed by atoms with Crippen LogP contribution in [0.25, 0.3) is 21.8 Å². The van der Waals surface area contributed by atoms with Crippen LogP contribution in [0, 0.1) is 0 Å². The van der Waals surface area contributed by atoms with Gasteiger partial charge < -0.3 is 4.48 Å². The Labute approximate surface area is 144 Å². The van der Waals surface area contributed by atoms with Crippen LogP contribution in [-0.2, 0) is 0 Å². The molecule has 0 spiro atoms. The summed E-state index contributed by atoms with van der Waals surface area (Å²) in [4.78, 5) is 0. The molecule has 0 aliphatic carbocycles. The fourth-order valence-electron chi connectivity index (χ4n) is 3.05. The zero-order chi connectivity index (χ0) is 15.1. The first-order valence-corrected chi connectivity index (χ1v) is 8.47. The van der Waals surface area contributed by atoms with E-state index in [4.69, 9.17) is 7.85 Å². The second kappa shape index (κ2) is 5.51. The monoisotopic (exact) mass is 391 g/mol. The summed E-state index contributed by atoms with van der Waals surface area (Å²) in [6, 6.07) is 25.3. The van der Waals surface area contributed by atoms with E-state index >= 15 is 0 Å². The first-order valence-electron chi connectivity index (χ1n) is 7.23. The van der Waals surface area contributed by atoms with Gasteiger partial charge in [0.2, 0.25) is 0 Å². The van der Waals surface area contributed by atoms with E-state index in [-0.39, 0.29) is 4.70 Å². The maximum atomic E-state index is 5.96. The van der Waals surface area contributed by atoms with Crippen LogP contribution in [0.1, 0.15) is 0 Å². The van der Waals surface area contributed by atoms with E-state index in [1.807, 2.05) is 12.1 Å². The molecule has 1 heterocycles. The minimum atomic E-state index is 0.200. The number of rotatable bonds is 2. The van der Waals surface area contributed by atoms with Gasteiger partial charge in [0, 0.05) is 21.8 Å². The second-order valence-electron chi connectivity index (χ2n) is 5.41. The van der Waals surface area contributed by atoms with Crippen molar-refractivity contribution in [3.8, 4) is 0 Å². The predicted octanol–water partition coefficient (Wildman–Crippen LogP) is 3.27. The van der Waals surface area contributed by atoms with E-state index in [0.717, 1.165) is 5.46 Å². The molecule has 4 rings (SSSR count). The zero-order valence-electron chi connectivity index (χ0n) is 11.9. The maximum Gasteiger partial charge on any atom is 0.366 e. The van der Waals surface area contributed by atoms with Gasteiger partial charge in [0.05, 0.1) is 0 Å². The molecule has 3 aromatic carbocycles. The molecule has 0 aliphatic heterocycles. The van der Waals surface area contributed by atoms with E-state index in [2.05, 4.69) is 87.5 Å². The summed E-state index contributed by atoms with van der Waals surface area (Å²) < 4.78 is 2.59. The molecule has 0 aliphatic rings. The lowest BCUT2D eigenvalue weighted by Crippen LogP contribution is -2.33. The Balaban J connectivity index is 2.04. The lowest BCUT2D eigenvalue weighted by Gasteiger charge is -2.13. The molecule has 0 saturated carbocycles. The number of fused-ring (bicyclic) bond motifs is 3. The van der Waals surface area contributed by atoms with Crippen molar-refractivity contribution in [1.29, 1.82) is 0 Å². The van der Waals surface area contributed by atoms with Crippen LogP contribution < -0.4 is 10.9 Å². The van der Waals surface area contributed by atoms with Crippen LogP contribution in [0.2, 0.25) is 0 Å². The molecular weight excluding hydrogens is 379 g/mol. The smallest absolute Gasteiger partial charge is 0.366 e. The van der Waals surface area contributed by atoms with Crippen LogP contribution in [0.5, 0.6) is 0 Å². The van der Waals surface area contributed by atoms with Crippen molar-refractivity contribution < 1.29 is 0 Å². The average Bonchev–Trinajstić information content (AvgIpc) is 2.89. The van der Waals surface area contributed by atoms with Gasteiger partial charge in [-0.25, -0.2) is 0 Å². The molecule has 22 heavy (non-hydrogen) atoms. The van der Waals surface area contributed by atoms with Gasteiger partial charge in [0.15, 0.2) is 0 Å². The van der Waals surface area contributed by atoms with Gasteiger partial charge in [-0.15, -0.1) is 22.4 Å². The zero-order valence-corrected chi connectivity index (χ0v) is 14.1. The minimum Gasteiger partial charge on any atom is -0.371 e. The maximum absolute atomic E-state index is 5.96. The Morgan fingerprint density at radius 1 is 0.773 bits per heavy atom. The first kappa shape index (κ1) is 13.9. The van der Waals surface area contributed by atoms with E-state index in [1.165, 1.54) is 27.3 Å². The van der Waals surface area contributed by atoms with Crippen molar-refractivity contribution in [2.45, 2.75) is 0 Å². The summed E-state index contributed by atoms with van der Waals surface area (Å²) in [6.45, 7) is 0. The number of halogens is 1. The van der Waals surface area contributed by atoms with Gasteiger partial charge in [-0.3, -0.25) is 0 Å². The topological polar surface area (TPSA) is 4.93 Å². The molecule has 0 saturated heterocycles. The molecule has 102 valence electrons.